The molecule has 0 aliphatic carbocycles. The fourth-order valence-corrected chi connectivity index (χ4v) is 1.55. The van der Waals surface area contributed by atoms with E-state index in [0.717, 1.165) is 0 Å². The first kappa shape index (κ1) is 13.4. The zero-order valence-corrected chi connectivity index (χ0v) is 10.1. The maximum Gasteiger partial charge on any atom is 0.331 e. The van der Waals surface area contributed by atoms with Crippen molar-refractivity contribution in [2.24, 2.45) is 0 Å². The van der Waals surface area contributed by atoms with Gasteiger partial charge in [-0.1, -0.05) is 6.07 Å². The Morgan fingerprint density at radius 1 is 1.59 bits per heavy atom. The van der Waals surface area contributed by atoms with E-state index in [1.807, 2.05) is 0 Å². The lowest BCUT2D eigenvalue weighted by Gasteiger charge is -2.36. The van der Waals surface area contributed by atoms with Crippen LogP contribution in [0.2, 0.25) is 0 Å². The molecule has 17 heavy (non-hydrogen) atoms. The summed E-state index contributed by atoms with van der Waals surface area (Å²) in [5.74, 6) is -1.43. The molecule has 1 aromatic carbocycles. The van der Waals surface area contributed by atoms with E-state index in [4.69, 9.17) is 4.74 Å². The van der Waals surface area contributed by atoms with Gasteiger partial charge in [-0.15, -0.1) is 0 Å². The second-order valence-electron chi connectivity index (χ2n) is 4.05. The number of hydrogen-bond acceptors (Lipinski definition) is 3. The van der Waals surface area contributed by atoms with Gasteiger partial charge < -0.3 is 14.7 Å². The molecule has 0 aliphatic heterocycles. The largest absolute Gasteiger partial charge is 0.479 e. The molecule has 0 spiro atoms. The first-order valence-corrected chi connectivity index (χ1v) is 5.13. The third kappa shape index (κ3) is 2.74. The summed E-state index contributed by atoms with van der Waals surface area (Å²) in [6.45, 7) is 1.54. The van der Waals surface area contributed by atoms with Crippen molar-refractivity contribution in [2.45, 2.75) is 12.5 Å². The van der Waals surface area contributed by atoms with Crippen LogP contribution in [0.15, 0.2) is 24.3 Å². The fourth-order valence-electron chi connectivity index (χ4n) is 1.55. The molecule has 1 aromatic rings. The van der Waals surface area contributed by atoms with Crippen LogP contribution in [0.1, 0.15) is 6.92 Å². The molecule has 0 saturated carbocycles. The quantitative estimate of drug-likeness (QED) is 0.853. The Labute approximate surface area is 99.6 Å². The van der Waals surface area contributed by atoms with Gasteiger partial charge >= 0.3 is 5.97 Å². The van der Waals surface area contributed by atoms with E-state index in [0.29, 0.717) is 5.69 Å². The molecular formula is C12H16FNO3. The zero-order valence-electron chi connectivity index (χ0n) is 10.1. The van der Waals surface area contributed by atoms with E-state index in [-0.39, 0.29) is 6.61 Å². The number of halogens is 1. The molecule has 0 aliphatic rings. The number of nitrogens with zero attached hydrogens (tertiary/aromatic N) is 1. The Morgan fingerprint density at radius 3 is 2.71 bits per heavy atom. The van der Waals surface area contributed by atoms with E-state index in [2.05, 4.69) is 0 Å². The Morgan fingerprint density at radius 2 is 2.24 bits per heavy atom. The Balaban J connectivity index is 3.08. The van der Waals surface area contributed by atoms with E-state index < -0.39 is 17.3 Å². The lowest BCUT2D eigenvalue weighted by atomic mass is 10.0. The molecule has 1 atom stereocenters. The fraction of sp³-hybridized carbons (Fsp3) is 0.417. The average molecular weight is 241 g/mol. The van der Waals surface area contributed by atoms with Crippen LogP contribution in [0, 0.1) is 5.82 Å². The third-order valence-corrected chi connectivity index (χ3v) is 2.82. The van der Waals surface area contributed by atoms with Crippen LogP contribution in [-0.4, -0.2) is 37.4 Å². The highest BCUT2D eigenvalue weighted by atomic mass is 19.1. The number of carboxylic acid groups (broad SMARTS) is 1. The molecule has 1 N–H and O–H groups in total. The zero-order chi connectivity index (χ0) is 13.1. The minimum atomic E-state index is -1.23. The Hall–Kier alpha value is -1.62. The monoisotopic (exact) mass is 241 g/mol. The molecule has 0 fully saturated rings. The van der Waals surface area contributed by atoms with Crippen LogP contribution in [0.25, 0.3) is 0 Å². The first-order chi connectivity index (χ1) is 7.91. The van der Waals surface area contributed by atoms with Crippen LogP contribution in [0.3, 0.4) is 0 Å². The summed E-state index contributed by atoms with van der Waals surface area (Å²) in [6, 6.07) is 5.79. The summed E-state index contributed by atoms with van der Waals surface area (Å²) in [5.41, 5.74) is -0.741. The molecule has 0 bridgehead atoms. The van der Waals surface area contributed by atoms with Crippen LogP contribution >= 0.6 is 0 Å². The SMILES string of the molecule is COCC(C)(C(=O)O)N(C)c1cccc(F)c1. The highest BCUT2D eigenvalue weighted by Crippen LogP contribution is 2.23. The number of carboxylic acids is 1. The Bertz CT molecular complexity index is 410. The number of anilines is 1. The van der Waals surface area contributed by atoms with Gasteiger partial charge in [-0.05, 0) is 25.1 Å². The van der Waals surface area contributed by atoms with Crippen molar-refractivity contribution in [3.63, 3.8) is 0 Å². The van der Waals surface area contributed by atoms with Crippen molar-refractivity contribution in [1.82, 2.24) is 0 Å². The van der Waals surface area contributed by atoms with Crippen LogP contribution < -0.4 is 4.90 Å². The Kier molecular flexibility index (Phi) is 4.07. The maximum atomic E-state index is 13.1. The highest BCUT2D eigenvalue weighted by molar-refractivity contribution is 5.83. The van der Waals surface area contributed by atoms with E-state index in [1.165, 1.54) is 37.1 Å². The predicted molar refractivity (Wildman–Crippen MR) is 62.7 cm³/mol. The average Bonchev–Trinajstić information content (AvgIpc) is 2.28. The van der Waals surface area contributed by atoms with Gasteiger partial charge in [0.2, 0.25) is 0 Å². The summed E-state index contributed by atoms with van der Waals surface area (Å²) in [6.07, 6.45) is 0. The minimum Gasteiger partial charge on any atom is -0.479 e. The summed E-state index contributed by atoms with van der Waals surface area (Å²) in [4.78, 5) is 12.8. The van der Waals surface area contributed by atoms with Gasteiger partial charge in [-0.2, -0.15) is 0 Å². The number of rotatable bonds is 5. The van der Waals surface area contributed by atoms with Crippen LogP contribution in [0.5, 0.6) is 0 Å². The minimum absolute atomic E-state index is 0.00927. The third-order valence-electron chi connectivity index (χ3n) is 2.82. The lowest BCUT2D eigenvalue weighted by molar-refractivity contribution is -0.144. The first-order valence-electron chi connectivity index (χ1n) is 5.13. The standard InChI is InChI=1S/C12H16FNO3/c1-12(8-17-3,11(15)16)14(2)10-6-4-5-9(13)7-10/h4-7H,8H2,1-3H3,(H,15,16). The molecule has 1 rings (SSSR count). The molecule has 0 saturated heterocycles. The molecule has 0 heterocycles. The molecule has 0 amide bonds. The number of likely N-dealkylation sites (N-methyl/N-ethyl adjacent to an activating group) is 1. The van der Waals surface area contributed by atoms with Gasteiger partial charge in [0.1, 0.15) is 5.82 Å². The topological polar surface area (TPSA) is 49.8 Å². The predicted octanol–water partition coefficient (Wildman–Crippen LogP) is 1.75. The molecular weight excluding hydrogens is 225 g/mol. The number of methoxy groups -OCH3 is 1. The van der Waals surface area contributed by atoms with Crippen molar-refractivity contribution in [2.75, 3.05) is 25.7 Å². The summed E-state index contributed by atoms with van der Waals surface area (Å²) in [5, 5.41) is 9.25. The molecule has 0 aromatic heterocycles. The second kappa shape index (κ2) is 5.14. The molecule has 5 heteroatoms. The van der Waals surface area contributed by atoms with Crippen molar-refractivity contribution < 1.29 is 19.0 Å². The maximum absolute atomic E-state index is 13.1. The summed E-state index contributed by atoms with van der Waals surface area (Å²) >= 11 is 0. The summed E-state index contributed by atoms with van der Waals surface area (Å²) < 4.78 is 18.0. The van der Waals surface area contributed by atoms with Gasteiger partial charge in [0.05, 0.1) is 6.61 Å². The number of aliphatic carboxylic acids is 1. The normalized spacial score (nSPS) is 14.1. The molecule has 4 nitrogen and oxygen atoms in total. The van der Waals surface area contributed by atoms with Gasteiger partial charge in [-0.3, -0.25) is 0 Å². The second-order valence-corrected chi connectivity index (χ2v) is 4.05. The van der Waals surface area contributed by atoms with E-state index in [1.54, 1.807) is 13.1 Å². The molecule has 0 radical (unpaired) electrons. The van der Waals surface area contributed by atoms with Crippen molar-refractivity contribution in [1.29, 1.82) is 0 Å². The van der Waals surface area contributed by atoms with E-state index in [9.17, 15) is 14.3 Å². The van der Waals surface area contributed by atoms with Crippen molar-refractivity contribution in [3.05, 3.63) is 30.1 Å². The van der Waals surface area contributed by atoms with Gasteiger partial charge in [0, 0.05) is 19.8 Å². The van der Waals surface area contributed by atoms with Crippen molar-refractivity contribution in [3.8, 4) is 0 Å². The van der Waals surface area contributed by atoms with Gasteiger partial charge in [0.15, 0.2) is 5.54 Å². The van der Waals surface area contributed by atoms with Crippen LogP contribution in [0.4, 0.5) is 10.1 Å². The van der Waals surface area contributed by atoms with E-state index >= 15 is 0 Å². The molecule has 1 unspecified atom stereocenters. The number of carbonyl (C=O) groups is 1. The van der Waals surface area contributed by atoms with Gasteiger partial charge in [-0.25, -0.2) is 9.18 Å². The highest BCUT2D eigenvalue weighted by Gasteiger charge is 2.38. The smallest absolute Gasteiger partial charge is 0.331 e. The number of ether oxygens (including phenoxy) is 1. The molecule has 94 valence electrons. The van der Waals surface area contributed by atoms with Crippen LogP contribution in [-0.2, 0) is 9.53 Å². The lowest BCUT2D eigenvalue weighted by Crippen LogP contribution is -2.54. The number of hydrogen-bond donors (Lipinski definition) is 1. The van der Waals surface area contributed by atoms with Crippen molar-refractivity contribution >= 4 is 11.7 Å². The van der Waals surface area contributed by atoms with Gasteiger partial charge in [0.25, 0.3) is 0 Å². The number of benzene rings is 1. The summed E-state index contributed by atoms with van der Waals surface area (Å²) in [7, 11) is 3.03.